The van der Waals surface area contributed by atoms with Crippen LogP contribution in [-0.4, -0.2) is 27.1 Å². The summed E-state index contributed by atoms with van der Waals surface area (Å²) in [4.78, 5) is 17.2. The molecule has 0 spiro atoms. The molecule has 4 rings (SSSR count). The molecule has 2 atom stereocenters. The van der Waals surface area contributed by atoms with E-state index in [-0.39, 0.29) is 17.9 Å². The number of benzene rings is 1. The predicted molar refractivity (Wildman–Crippen MR) is 91.6 cm³/mol. The minimum atomic E-state index is 0.0160. The van der Waals surface area contributed by atoms with Gasteiger partial charge in [0.05, 0.1) is 16.1 Å². The van der Waals surface area contributed by atoms with Crippen molar-refractivity contribution in [3.63, 3.8) is 0 Å². The third-order valence-corrected chi connectivity index (χ3v) is 5.56. The second-order valence-electron chi connectivity index (χ2n) is 5.72. The molecule has 7 heteroatoms. The van der Waals surface area contributed by atoms with E-state index in [1.807, 2.05) is 24.3 Å². The summed E-state index contributed by atoms with van der Waals surface area (Å²) >= 11 is 6.88. The number of hydrazine groups is 1. The molecule has 2 fully saturated rings. The Morgan fingerprint density at radius 1 is 1.32 bits per heavy atom. The molecule has 2 aromatic rings. The van der Waals surface area contributed by atoms with Gasteiger partial charge in [-0.25, -0.2) is 4.98 Å². The van der Waals surface area contributed by atoms with Crippen LogP contribution in [0.15, 0.2) is 24.3 Å². The molecule has 2 heterocycles. The number of nitrogens with one attached hydrogen (secondary N) is 2. The first kappa shape index (κ1) is 13.9. The number of thiazole rings is 1. The van der Waals surface area contributed by atoms with Crippen LogP contribution in [0.2, 0.25) is 0 Å². The van der Waals surface area contributed by atoms with Crippen LogP contribution in [0.3, 0.4) is 0 Å². The van der Waals surface area contributed by atoms with Crippen molar-refractivity contribution >= 4 is 49.9 Å². The first-order valence-electron chi connectivity index (χ1n) is 7.49. The number of fused-ring (bicyclic) bond motifs is 2. The van der Waals surface area contributed by atoms with Gasteiger partial charge < -0.3 is 5.32 Å². The van der Waals surface area contributed by atoms with Crippen LogP contribution in [0, 0.1) is 5.92 Å². The number of hydrogen-bond acceptors (Lipinski definition) is 5. The van der Waals surface area contributed by atoms with Gasteiger partial charge in [0.1, 0.15) is 0 Å². The van der Waals surface area contributed by atoms with E-state index in [1.54, 1.807) is 0 Å². The molecule has 1 aliphatic carbocycles. The predicted octanol–water partition coefficient (Wildman–Crippen LogP) is 2.90. The molecule has 5 nitrogen and oxygen atoms in total. The lowest BCUT2D eigenvalue weighted by molar-refractivity contribution is -0.133. The summed E-state index contributed by atoms with van der Waals surface area (Å²) in [5, 5.41) is 5.90. The van der Waals surface area contributed by atoms with Crippen molar-refractivity contribution in [3.8, 4) is 0 Å². The fraction of sp³-hybridized carbons (Fsp3) is 0.400. The third-order valence-electron chi connectivity index (χ3n) is 4.32. The van der Waals surface area contributed by atoms with E-state index >= 15 is 0 Å². The fourth-order valence-electron chi connectivity index (χ4n) is 3.21. The molecule has 114 valence electrons. The Morgan fingerprint density at radius 2 is 2.14 bits per heavy atom. The fourth-order valence-corrected chi connectivity index (χ4v) is 4.35. The zero-order valence-corrected chi connectivity index (χ0v) is 13.5. The van der Waals surface area contributed by atoms with E-state index in [2.05, 4.69) is 15.7 Å². The Morgan fingerprint density at radius 3 is 3.00 bits per heavy atom. The van der Waals surface area contributed by atoms with Gasteiger partial charge in [-0.2, -0.15) is 5.01 Å². The Hall–Kier alpha value is -1.73. The third kappa shape index (κ3) is 2.34. The number of carbonyl (C=O) groups excluding carboxylic acids is 1. The molecule has 1 aliphatic heterocycles. The van der Waals surface area contributed by atoms with Crippen LogP contribution in [0.5, 0.6) is 0 Å². The standard InChI is InChI=1S/C15H16N4OS2/c20-13-9-5-1-2-6-10(9)17-15(21)19(13)18-14-16-11-7-3-4-8-12(11)22-14/h3-4,7-10H,1-2,5-6H2,(H,16,18)(H,17,21). The molecule has 1 amide bonds. The Labute approximate surface area is 137 Å². The number of amides is 1. The van der Waals surface area contributed by atoms with Gasteiger partial charge in [0.25, 0.3) is 5.91 Å². The van der Waals surface area contributed by atoms with Crippen molar-refractivity contribution in [1.29, 1.82) is 0 Å². The van der Waals surface area contributed by atoms with Crippen LogP contribution in [-0.2, 0) is 4.79 Å². The van der Waals surface area contributed by atoms with Gasteiger partial charge in [-0.15, -0.1) is 0 Å². The largest absolute Gasteiger partial charge is 0.357 e. The Bertz CT molecular complexity index is 711. The van der Waals surface area contributed by atoms with E-state index in [0.717, 1.165) is 35.9 Å². The van der Waals surface area contributed by atoms with Gasteiger partial charge >= 0.3 is 0 Å². The SMILES string of the molecule is O=C1C2CCCCC2NC(=S)N1Nc1nc2ccccc2s1. The number of anilines is 1. The summed E-state index contributed by atoms with van der Waals surface area (Å²) in [6, 6.07) is 8.11. The van der Waals surface area contributed by atoms with Gasteiger partial charge in [0.2, 0.25) is 5.13 Å². The number of rotatable bonds is 2. The van der Waals surface area contributed by atoms with Gasteiger partial charge in [-0.3, -0.25) is 10.2 Å². The monoisotopic (exact) mass is 332 g/mol. The van der Waals surface area contributed by atoms with Crippen LogP contribution in [0.1, 0.15) is 25.7 Å². The highest BCUT2D eigenvalue weighted by atomic mass is 32.1. The lowest BCUT2D eigenvalue weighted by Gasteiger charge is -2.41. The van der Waals surface area contributed by atoms with Crippen LogP contribution < -0.4 is 10.7 Å². The second kappa shape index (κ2) is 5.48. The molecule has 1 saturated heterocycles. The molecule has 2 unspecified atom stereocenters. The summed E-state index contributed by atoms with van der Waals surface area (Å²) in [6.07, 6.45) is 4.22. The summed E-state index contributed by atoms with van der Waals surface area (Å²) in [5.74, 6) is 0.0787. The normalized spacial score (nSPS) is 25.0. The average Bonchev–Trinajstić information content (AvgIpc) is 2.94. The quantitative estimate of drug-likeness (QED) is 0.828. The number of para-hydroxylation sites is 1. The van der Waals surface area contributed by atoms with Gasteiger partial charge in [0, 0.05) is 6.04 Å². The van der Waals surface area contributed by atoms with E-state index in [4.69, 9.17) is 12.2 Å². The lowest BCUT2D eigenvalue weighted by Crippen LogP contribution is -2.62. The second-order valence-corrected chi connectivity index (χ2v) is 7.14. The highest BCUT2D eigenvalue weighted by Gasteiger charge is 2.40. The molecule has 1 aromatic heterocycles. The molecule has 1 saturated carbocycles. The van der Waals surface area contributed by atoms with Crippen molar-refractivity contribution in [3.05, 3.63) is 24.3 Å². The topological polar surface area (TPSA) is 57.3 Å². The van der Waals surface area contributed by atoms with Gasteiger partial charge in [-0.05, 0) is 37.2 Å². The molecular formula is C15H16N4OS2. The lowest BCUT2D eigenvalue weighted by atomic mass is 9.83. The number of carbonyl (C=O) groups is 1. The Kier molecular flexibility index (Phi) is 3.46. The number of nitrogens with zero attached hydrogens (tertiary/aromatic N) is 2. The van der Waals surface area contributed by atoms with Gasteiger partial charge in [-0.1, -0.05) is 36.3 Å². The van der Waals surface area contributed by atoms with Crippen molar-refractivity contribution < 1.29 is 4.79 Å². The first-order valence-corrected chi connectivity index (χ1v) is 8.71. The van der Waals surface area contributed by atoms with Crippen molar-refractivity contribution in [2.45, 2.75) is 31.7 Å². The number of thiocarbonyl (C=S) groups is 1. The number of hydrogen-bond donors (Lipinski definition) is 2. The maximum atomic E-state index is 12.7. The molecular weight excluding hydrogens is 316 g/mol. The van der Waals surface area contributed by atoms with E-state index in [1.165, 1.54) is 16.3 Å². The highest BCUT2D eigenvalue weighted by Crippen LogP contribution is 2.31. The summed E-state index contributed by atoms with van der Waals surface area (Å²) in [5.41, 5.74) is 4.02. The van der Waals surface area contributed by atoms with Crippen molar-refractivity contribution in [2.24, 2.45) is 5.92 Å². The Balaban J connectivity index is 1.58. The summed E-state index contributed by atoms with van der Waals surface area (Å²) < 4.78 is 1.09. The van der Waals surface area contributed by atoms with Gasteiger partial charge in [0.15, 0.2) is 5.11 Å². The molecule has 2 N–H and O–H groups in total. The maximum absolute atomic E-state index is 12.7. The molecule has 2 aliphatic rings. The van der Waals surface area contributed by atoms with E-state index in [0.29, 0.717) is 10.2 Å². The van der Waals surface area contributed by atoms with Crippen LogP contribution in [0.4, 0.5) is 5.13 Å². The summed E-state index contributed by atoms with van der Waals surface area (Å²) in [7, 11) is 0. The van der Waals surface area contributed by atoms with Crippen LogP contribution >= 0.6 is 23.6 Å². The van der Waals surface area contributed by atoms with E-state index in [9.17, 15) is 4.79 Å². The average molecular weight is 332 g/mol. The van der Waals surface area contributed by atoms with Crippen molar-refractivity contribution in [2.75, 3.05) is 5.43 Å². The molecule has 0 bridgehead atoms. The summed E-state index contributed by atoms with van der Waals surface area (Å²) in [6.45, 7) is 0. The maximum Gasteiger partial charge on any atom is 0.252 e. The van der Waals surface area contributed by atoms with E-state index < -0.39 is 0 Å². The highest BCUT2D eigenvalue weighted by molar-refractivity contribution is 7.80. The number of aromatic nitrogens is 1. The zero-order chi connectivity index (χ0) is 15.1. The molecule has 0 radical (unpaired) electrons. The minimum Gasteiger partial charge on any atom is -0.357 e. The first-order chi connectivity index (χ1) is 10.7. The smallest absolute Gasteiger partial charge is 0.252 e. The van der Waals surface area contributed by atoms with Crippen molar-refractivity contribution in [1.82, 2.24) is 15.3 Å². The molecule has 22 heavy (non-hydrogen) atoms. The molecule has 1 aromatic carbocycles. The minimum absolute atomic E-state index is 0.0160. The zero-order valence-electron chi connectivity index (χ0n) is 11.9. The van der Waals surface area contributed by atoms with Crippen LogP contribution in [0.25, 0.3) is 10.2 Å².